The Morgan fingerprint density at radius 1 is 0.947 bits per heavy atom. The lowest BCUT2D eigenvalue weighted by atomic mass is 10.2. The molecule has 0 atom stereocenters. The Kier molecular flexibility index (Phi) is 3.89. The molecule has 0 spiro atoms. The van der Waals surface area contributed by atoms with Gasteiger partial charge in [-0.05, 0) is 42.0 Å². The zero-order chi connectivity index (χ0) is 13.7. The first kappa shape index (κ1) is 13.2. The van der Waals surface area contributed by atoms with Crippen molar-refractivity contribution >= 4 is 5.69 Å². The molecule has 0 aliphatic carbocycles. The Hall–Kier alpha value is -2.24. The lowest BCUT2D eigenvalue weighted by Crippen LogP contribution is -2.03. The molecule has 0 N–H and O–H groups in total. The molecule has 0 saturated heterocycles. The van der Waals surface area contributed by atoms with Crippen molar-refractivity contribution in [1.29, 1.82) is 0 Å². The fourth-order valence-corrected chi connectivity index (χ4v) is 1.40. The molecule has 0 radical (unpaired) electrons. The third-order valence-corrected chi connectivity index (χ3v) is 2.38. The number of pyridine rings is 1. The van der Waals surface area contributed by atoms with Crippen molar-refractivity contribution in [2.45, 2.75) is 12.7 Å². The molecule has 0 saturated carbocycles. The van der Waals surface area contributed by atoms with Gasteiger partial charge >= 0.3 is 6.18 Å². The van der Waals surface area contributed by atoms with Crippen molar-refractivity contribution in [2.75, 3.05) is 0 Å². The van der Waals surface area contributed by atoms with Crippen LogP contribution in [0.3, 0.4) is 0 Å². The molecule has 1 aromatic carbocycles. The highest BCUT2D eigenvalue weighted by atomic mass is 19.4. The van der Waals surface area contributed by atoms with Gasteiger partial charge in [-0.3, -0.25) is 4.98 Å². The predicted molar refractivity (Wildman–Crippen MR) is 63.9 cm³/mol. The van der Waals surface area contributed by atoms with Crippen LogP contribution in [0.15, 0.2) is 59.0 Å². The molecule has 0 fully saturated rings. The van der Waals surface area contributed by atoms with Gasteiger partial charge < -0.3 is 0 Å². The van der Waals surface area contributed by atoms with Crippen LogP contribution in [-0.2, 0) is 12.7 Å². The van der Waals surface area contributed by atoms with Gasteiger partial charge in [0.15, 0.2) is 0 Å². The van der Waals surface area contributed by atoms with E-state index in [1.54, 1.807) is 24.5 Å². The van der Waals surface area contributed by atoms with Crippen LogP contribution in [0.1, 0.15) is 11.1 Å². The molecule has 0 unspecified atom stereocenters. The molecule has 3 nitrogen and oxygen atoms in total. The zero-order valence-corrected chi connectivity index (χ0v) is 9.80. The van der Waals surface area contributed by atoms with Crippen molar-refractivity contribution in [2.24, 2.45) is 10.2 Å². The highest BCUT2D eigenvalue weighted by Crippen LogP contribution is 2.30. The molecule has 98 valence electrons. The third kappa shape index (κ3) is 3.87. The maximum atomic E-state index is 12.3. The maximum absolute atomic E-state index is 12.3. The van der Waals surface area contributed by atoms with Crippen LogP contribution in [0.25, 0.3) is 0 Å². The van der Waals surface area contributed by atoms with Crippen LogP contribution in [-0.4, -0.2) is 4.98 Å². The standard InChI is InChI=1S/C13H10F3N3/c14-13(15,16)11-1-3-12(4-2-11)19-18-9-10-5-7-17-8-6-10/h1-8H,9H2. The number of hydrogen-bond donors (Lipinski definition) is 0. The fraction of sp³-hybridized carbons (Fsp3) is 0.154. The van der Waals surface area contributed by atoms with Crippen LogP contribution in [0.2, 0.25) is 0 Å². The summed E-state index contributed by atoms with van der Waals surface area (Å²) in [7, 11) is 0. The average Bonchev–Trinajstić information content (AvgIpc) is 2.39. The molecule has 19 heavy (non-hydrogen) atoms. The minimum atomic E-state index is -4.33. The monoisotopic (exact) mass is 265 g/mol. The van der Waals surface area contributed by atoms with Gasteiger partial charge in [0.25, 0.3) is 0 Å². The summed E-state index contributed by atoms with van der Waals surface area (Å²) in [4.78, 5) is 3.87. The normalized spacial score (nSPS) is 11.9. The van der Waals surface area contributed by atoms with E-state index in [9.17, 15) is 13.2 Å². The Labute approximate surface area is 107 Å². The first-order valence-corrected chi connectivity index (χ1v) is 5.49. The summed E-state index contributed by atoms with van der Waals surface area (Å²) >= 11 is 0. The number of rotatable bonds is 3. The lowest BCUT2D eigenvalue weighted by molar-refractivity contribution is -0.137. The van der Waals surface area contributed by atoms with Gasteiger partial charge in [-0.1, -0.05) is 0 Å². The van der Waals surface area contributed by atoms with Crippen molar-refractivity contribution in [3.05, 3.63) is 59.9 Å². The number of aromatic nitrogens is 1. The van der Waals surface area contributed by atoms with Crippen molar-refractivity contribution in [1.82, 2.24) is 4.98 Å². The number of hydrogen-bond acceptors (Lipinski definition) is 3. The van der Waals surface area contributed by atoms with Crippen LogP contribution in [0.5, 0.6) is 0 Å². The second-order valence-corrected chi connectivity index (χ2v) is 3.80. The van der Waals surface area contributed by atoms with Gasteiger partial charge in [0.2, 0.25) is 0 Å². The Balaban J connectivity index is 2.00. The summed E-state index contributed by atoms with van der Waals surface area (Å²) in [5, 5.41) is 7.78. The predicted octanol–water partition coefficient (Wildman–Crippen LogP) is 4.38. The minimum absolute atomic E-state index is 0.365. The quantitative estimate of drug-likeness (QED) is 0.758. The van der Waals surface area contributed by atoms with Gasteiger partial charge in [-0.15, -0.1) is 0 Å². The van der Waals surface area contributed by atoms with E-state index in [-0.39, 0.29) is 0 Å². The van der Waals surface area contributed by atoms with E-state index in [4.69, 9.17) is 0 Å². The Bertz CT molecular complexity index is 548. The summed E-state index contributed by atoms with van der Waals surface area (Å²) < 4.78 is 37.0. The molecular weight excluding hydrogens is 255 g/mol. The van der Waals surface area contributed by atoms with Crippen LogP contribution >= 0.6 is 0 Å². The fourth-order valence-electron chi connectivity index (χ4n) is 1.40. The maximum Gasteiger partial charge on any atom is 0.416 e. The second-order valence-electron chi connectivity index (χ2n) is 3.80. The second kappa shape index (κ2) is 5.60. The molecule has 6 heteroatoms. The van der Waals surface area contributed by atoms with Gasteiger partial charge in [0, 0.05) is 12.4 Å². The number of benzene rings is 1. The van der Waals surface area contributed by atoms with Crippen LogP contribution in [0, 0.1) is 0 Å². The first-order valence-electron chi connectivity index (χ1n) is 5.49. The lowest BCUT2D eigenvalue weighted by Gasteiger charge is -2.05. The molecule has 2 rings (SSSR count). The van der Waals surface area contributed by atoms with Gasteiger partial charge in [-0.25, -0.2) is 0 Å². The summed E-state index contributed by atoms with van der Waals surface area (Å²) in [5.41, 5.74) is 0.633. The molecular formula is C13H10F3N3. The Morgan fingerprint density at radius 3 is 2.16 bits per heavy atom. The summed E-state index contributed by atoms with van der Waals surface area (Å²) in [6.45, 7) is 0.365. The Morgan fingerprint density at radius 2 is 1.58 bits per heavy atom. The average molecular weight is 265 g/mol. The largest absolute Gasteiger partial charge is 0.416 e. The number of alkyl halides is 3. The smallest absolute Gasteiger partial charge is 0.265 e. The summed E-state index contributed by atoms with van der Waals surface area (Å²) in [6.07, 6.45) is -1.04. The topological polar surface area (TPSA) is 37.6 Å². The first-order chi connectivity index (χ1) is 9.05. The van der Waals surface area contributed by atoms with E-state index >= 15 is 0 Å². The molecule has 1 aromatic heterocycles. The zero-order valence-electron chi connectivity index (χ0n) is 9.80. The van der Waals surface area contributed by atoms with Crippen molar-refractivity contribution < 1.29 is 13.2 Å². The van der Waals surface area contributed by atoms with Gasteiger partial charge in [0.1, 0.15) is 0 Å². The number of azo groups is 1. The van der Waals surface area contributed by atoms with E-state index < -0.39 is 11.7 Å². The molecule has 0 aliphatic rings. The van der Waals surface area contributed by atoms with Gasteiger partial charge in [0.05, 0.1) is 17.8 Å². The SMILES string of the molecule is FC(F)(F)c1ccc(N=NCc2ccncc2)cc1. The van der Waals surface area contributed by atoms with Crippen molar-refractivity contribution in [3.63, 3.8) is 0 Å². The van der Waals surface area contributed by atoms with E-state index in [1.807, 2.05) is 0 Å². The summed E-state index contributed by atoms with van der Waals surface area (Å²) in [6, 6.07) is 8.15. The summed E-state index contributed by atoms with van der Waals surface area (Å²) in [5.74, 6) is 0. The number of halogens is 3. The molecule has 2 aromatic rings. The van der Waals surface area contributed by atoms with E-state index in [1.165, 1.54) is 12.1 Å². The molecule has 1 heterocycles. The molecule has 0 aliphatic heterocycles. The highest BCUT2D eigenvalue weighted by molar-refractivity contribution is 5.38. The van der Waals surface area contributed by atoms with E-state index in [2.05, 4.69) is 15.2 Å². The third-order valence-electron chi connectivity index (χ3n) is 2.38. The van der Waals surface area contributed by atoms with Gasteiger partial charge in [-0.2, -0.15) is 23.4 Å². The highest BCUT2D eigenvalue weighted by Gasteiger charge is 2.29. The minimum Gasteiger partial charge on any atom is -0.265 e. The van der Waals surface area contributed by atoms with E-state index in [0.717, 1.165) is 17.7 Å². The van der Waals surface area contributed by atoms with Crippen LogP contribution in [0.4, 0.5) is 18.9 Å². The van der Waals surface area contributed by atoms with Crippen LogP contribution < -0.4 is 0 Å². The number of nitrogens with zero attached hydrogens (tertiary/aromatic N) is 3. The van der Waals surface area contributed by atoms with Crippen molar-refractivity contribution in [3.8, 4) is 0 Å². The molecule has 0 bridgehead atoms. The molecule has 0 amide bonds. The van der Waals surface area contributed by atoms with E-state index in [0.29, 0.717) is 12.2 Å².